The molecular weight excluding hydrogens is 282 g/mol. The molecule has 2 rings (SSSR count). The summed E-state index contributed by atoms with van der Waals surface area (Å²) in [6, 6.07) is 1.77. The molecule has 0 spiro atoms. The molecule has 1 N–H and O–H groups in total. The zero-order valence-electron chi connectivity index (χ0n) is 13.8. The average molecular weight is 307 g/mol. The third-order valence-electron chi connectivity index (χ3n) is 4.73. The summed E-state index contributed by atoms with van der Waals surface area (Å²) in [6.07, 6.45) is 3.73. The maximum Gasteiger partial charge on any atom is 0.329 e. The van der Waals surface area contributed by atoms with Crippen LogP contribution in [0.1, 0.15) is 68.1 Å². The number of carbonyl (C=O) groups excluding carboxylic acids is 1. The lowest BCUT2D eigenvalue weighted by molar-refractivity contribution is -0.151. The van der Waals surface area contributed by atoms with Gasteiger partial charge in [0.15, 0.2) is 0 Å². The molecule has 1 aliphatic carbocycles. The predicted octanol–water partition coefficient (Wildman–Crippen LogP) is 2.40. The highest BCUT2D eigenvalue weighted by Crippen LogP contribution is 2.34. The molecule has 1 saturated carbocycles. The molecule has 1 heterocycles. The van der Waals surface area contributed by atoms with Crippen LogP contribution >= 0.6 is 0 Å². The van der Waals surface area contributed by atoms with Gasteiger partial charge in [0.25, 0.3) is 5.91 Å². The largest absolute Gasteiger partial charge is 0.479 e. The summed E-state index contributed by atoms with van der Waals surface area (Å²) in [5, 5.41) is 14.0. The van der Waals surface area contributed by atoms with Gasteiger partial charge in [-0.05, 0) is 24.8 Å². The van der Waals surface area contributed by atoms with Gasteiger partial charge in [-0.1, -0.05) is 33.1 Å². The van der Waals surface area contributed by atoms with Crippen LogP contribution in [0, 0.1) is 0 Å². The highest BCUT2D eigenvalue weighted by Gasteiger charge is 2.46. The number of likely N-dealkylation sites (N-methyl/N-ethyl adjacent to an activating group) is 1. The summed E-state index contributed by atoms with van der Waals surface area (Å²) in [7, 11) is 3.32. The van der Waals surface area contributed by atoms with Crippen LogP contribution < -0.4 is 0 Å². The molecule has 0 aromatic carbocycles. The number of aryl methyl sites for hydroxylation is 1. The predicted molar refractivity (Wildman–Crippen MR) is 82.8 cm³/mol. The summed E-state index contributed by atoms with van der Waals surface area (Å²) in [6.45, 7) is 4.03. The van der Waals surface area contributed by atoms with Gasteiger partial charge in [0, 0.05) is 14.1 Å². The fourth-order valence-electron chi connectivity index (χ4n) is 3.17. The third-order valence-corrected chi connectivity index (χ3v) is 4.73. The fraction of sp³-hybridized carbons (Fsp3) is 0.688. The van der Waals surface area contributed by atoms with Gasteiger partial charge in [-0.2, -0.15) is 5.10 Å². The third kappa shape index (κ3) is 2.74. The van der Waals surface area contributed by atoms with E-state index in [2.05, 4.69) is 5.10 Å². The van der Waals surface area contributed by atoms with Crippen LogP contribution in [0.4, 0.5) is 0 Å². The zero-order valence-corrected chi connectivity index (χ0v) is 13.8. The average Bonchev–Trinajstić information content (AvgIpc) is 2.88. The Morgan fingerprint density at radius 3 is 2.36 bits per heavy atom. The van der Waals surface area contributed by atoms with E-state index in [9.17, 15) is 14.7 Å². The van der Waals surface area contributed by atoms with Gasteiger partial charge in [-0.3, -0.25) is 9.48 Å². The molecule has 6 heteroatoms. The Labute approximate surface area is 131 Å². The SMILES string of the molecule is CC(C)c1cc(C(=O)N(C)C2(C(=O)O)CCCCC2)n(C)n1. The Morgan fingerprint density at radius 2 is 1.91 bits per heavy atom. The molecule has 0 unspecified atom stereocenters. The normalized spacial score (nSPS) is 17.5. The van der Waals surface area contributed by atoms with Crippen molar-refractivity contribution in [2.24, 2.45) is 7.05 Å². The van der Waals surface area contributed by atoms with E-state index in [-0.39, 0.29) is 11.8 Å². The number of carboxylic acids is 1. The van der Waals surface area contributed by atoms with Crippen LogP contribution in [0.15, 0.2) is 6.07 Å². The number of carbonyl (C=O) groups is 2. The van der Waals surface area contributed by atoms with Gasteiger partial charge >= 0.3 is 5.97 Å². The number of aliphatic carboxylic acids is 1. The molecule has 1 aliphatic rings. The molecule has 0 bridgehead atoms. The summed E-state index contributed by atoms with van der Waals surface area (Å²) >= 11 is 0. The zero-order chi connectivity index (χ0) is 16.5. The first kappa shape index (κ1) is 16.5. The van der Waals surface area contributed by atoms with Crippen LogP contribution in [0.25, 0.3) is 0 Å². The molecule has 0 saturated heterocycles. The van der Waals surface area contributed by atoms with E-state index in [4.69, 9.17) is 0 Å². The quantitative estimate of drug-likeness (QED) is 0.927. The van der Waals surface area contributed by atoms with E-state index in [1.165, 1.54) is 4.90 Å². The van der Waals surface area contributed by atoms with Gasteiger partial charge in [0.1, 0.15) is 11.2 Å². The van der Waals surface area contributed by atoms with Crippen LogP contribution in [0.5, 0.6) is 0 Å². The van der Waals surface area contributed by atoms with E-state index in [1.54, 1.807) is 24.8 Å². The minimum absolute atomic E-state index is 0.223. The maximum atomic E-state index is 12.8. The van der Waals surface area contributed by atoms with E-state index in [0.29, 0.717) is 18.5 Å². The molecule has 6 nitrogen and oxygen atoms in total. The number of hydrogen-bond donors (Lipinski definition) is 1. The number of hydrogen-bond acceptors (Lipinski definition) is 3. The first-order valence-corrected chi connectivity index (χ1v) is 7.85. The minimum Gasteiger partial charge on any atom is -0.479 e. The van der Waals surface area contributed by atoms with Gasteiger partial charge in [-0.15, -0.1) is 0 Å². The van der Waals surface area contributed by atoms with Crippen molar-refractivity contribution in [1.82, 2.24) is 14.7 Å². The Hall–Kier alpha value is -1.85. The molecule has 1 fully saturated rings. The standard InChI is InChI=1S/C16H25N3O3/c1-11(2)12-10-13(19(4)17-12)14(20)18(3)16(15(21)22)8-6-5-7-9-16/h10-11H,5-9H2,1-4H3,(H,21,22). The second kappa shape index (κ2) is 6.10. The summed E-state index contributed by atoms with van der Waals surface area (Å²) in [5.41, 5.74) is 0.196. The fourth-order valence-corrected chi connectivity index (χ4v) is 3.17. The monoisotopic (exact) mass is 307 g/mol. The molecule has 1 aromatic heterocycles. The molecule has 122 valence electrons. The molecular formula is C16H25N3O3. The van der Waals surface area contributed by atoms with E-state index >= 15 is 0 Å². The van der Waals surface area contributed by atoms with Gasteiger partial charge in [-0.25, -0.2) is 4.79 Å². The van der Waals surface area contributed by atoms with E-state index < -0.39 is 11.5 Å². The molecule has 1 aromatic rings. The lowest BCUT2D eigenvalue weighted by Crippen LogP contribution is -2.56. The number of amides is 1. The number of aromatic nitrogens is 2. The molecule has 0 radical (unpaired) electrons. The van der Waals surface area contributed by atoms with E-state index in [0.717, 1.165) is 25.0 Å². The topological polar surface area (TPSA) is 75.4 Å². The molecule has 0 aliphatic heterocycles. The van der Waals surface area contributed by atoms with E-state index in [1.807, 2.05) is 13.8 Å². The lowest BCUT2D eigenvalue weighted by atomic mass is 9.80. The van der Waals surface area contributed by atoms with Crippen molar-refractivity contribution < 1.29 is 14.7 Å². The highest BCUT2D eigenvalue weighted by atomic mass is 16.4. The van der Waals surface area contributed by atoms with Crippen molar-refractivity contribution in [2.75, 3.05) is 7.05 Å². The summed E-state index contributed by atoms with van der Waals surface area (Å²) in [4.78, 5) is 26.1. The molecule has 1 amide bonds. The summed E-state index contributed by atoms with van der Waals surface area (Å²) in [5.74, 6) is -0.957. The maximum absolute atomic E-state index is 12.8. The van der Waals surface area contributed by atoms with Crippen molar-refractivity contribution in [1.29, 1.82) is 0 Å². The van der Waals surface area contributed by atoms with Crippen LogP contribution in [0.2, 0.25) is 0 Å². The van der Waals surface area contributed by atoms with Gasteiger partial charge < -0.3 is 10.0 Å². The van der Waals surface area contributed by atoms with Crippen molar-refractivity contribution in [3.63, 3.8) is 0 Å². The van der Waals surface area contributed by atoms with Gasteiger partial charge in [0.05, 0.1) is 5.69 Å². The van der Waals surface area contributed by atoms with Crippen molar-refractivity contribution >= 4 is 11.9 Å². The lowest BCUT2D eigenvalue weighted by Gasteiger charge is -2.40. The highest BCUT2D eigenvalue weighted by molar-refractivity contribution is 5.96. The van der Waals surface area contributed by atoms with Gasteiger partial charge in [0.2, 0.25) is 0 Å². The van der Waals surface area contributed by atoms with Crippen LogP contribution in [0.3, 0.4) is 0 Å². The van der Waals surface area contributed by atoms with Crippen molar-refractivity contribution in [2.45, 2.75) is 57.4 Å². The first-order chi connectivity index (χ1) is 10.3. The summed E-state index contributed by atoms with van der Waals surface area (Å²) < 4.78 is 1.55. The minimum atomic E-state index is -1.09. The molecule has 22 heavy (non-hydrogen) atoms. The first-order valence-electron chi connectivity index (χ1n) is 7.85. The smallest absolute Gasteiger partial charge is 0.329 e. The van der Waals surface area contributed by atoms with Crippen molar-refractivity contribution in [3.05, 3.63) is 17.5 Å². The van der Waals surface area contributed by atoms with Crippen LogP contribution in [-0.2, 0) is 11.8 Å². The Balaban J connectivity index is 2.33. The Morgan fingerprint density at radius 1 is 1.32 bits per heavy atom. The number of rotatable bonds is 4. The Bertz CT molecular complexity index is 571. The second-order valence-corrected chi connectivity index (χ2v) is 6.49. The number of nitrogens with zero attached hydrogens (tertiary/aromatic N) is 3. The van der Waals surface area contributed by atoms with Crippen molar-refractivity contribution in [3.8, 4) is 0 Å². The van der Waals surface area contributed by atoms with Crippen LogP contribution in [-0.4, -0.2) is 44.3 Å². The Kier molecular flexibility index (Phi) is 4.58. The second-order valence-electron chi connectivity index (χ2n) is 6.49. The number of carboxylic acid groups (broad SMARTS) is 1. The molecule has 0 atom stereocenters.